The summed E-state index contributed by atoms with van der Waals surface area (Å²) < 4.78 is 32.3. The van der Waals surface area contributed by atoms with E-state index in [2.05, 4.69) is 17.1 Å². The summed E-state index contributed by atoms with van der Waals surface area (Å²) in [6.07, 6.45) is 0. The topological polar surface area (TPSA) is 65.8 Å². The van der Waals surface area contributed by atoms with E-state index in [4.69, 9.17) is 4.42 Å². The number of nitrogens with one attached hydrogen (secondary N) is 1. The van der Waals surface area contributed by atoms with E-state index < -0.39 is 10.0 Å². The van der Waals surface area contributed by atoms with Crippen LogP contribution in [0, 0.1) is 5.92 Å². The van der Waals surface area contributed by atoms with Crippen LogP contribution in [0.15, 0.2) is 21.6 Å². The predicted octanol–water partition coefficient (Wildman–Crippen LogP) is 0.960. The maximum atomic E-state index is 12.6. The molecule has 0 spiro atoms. The molecule has 2 unspecified atom stereocenters. The van der Waals surface area contributed by atoms with Gasteiger partial charge in [0.25, 0.3) is 10.0 Å². The summed E-state index contributed by atoms with van der Waals surface area (Å²) in [5, 5.41) is 3.16. The van der Waals surface area contributed by atoms with Gasteiger partial charge in [0.2, 0.25) is 5.09 Å². The third kappa shape index (κ3) is 3.48. The van der Waals surface area contributed by atoms with Crippen molar-refractivity contribution in [1.82, 2.24) is 14.5 Å². The number of sulfonamides is 1. The number of hydrogen-bond donors (Lipinski definition) is 1. The van der Waals surface area contributed by atoms with Gasteiger partial charge in [0.1, 0.15) is 5.76 Å². The third-order valence-electron chi connectivity index (χ3n) is 3.98. The van der Waals surface area contributed by atoms with Crippen molar-refractivity contribution in [3.8, 4) is 0 Å². The smallest absolute Gasteiger partial charge is 0.276 e. The molecule has 1 fully saturated rings. The molecule has 7 heteroatoms. The highest BCUT2D eigenvalue weighted by atomic mass is 32.2. The average Bonchev–Trinajstić information content (AvgIpc) is 3.03. The molecule has 2 heterocycles. The Labute approximate surface area is 127 Å². The van der Waals surface area contributed by atoms with Crippen molar-refractivity contribution in [2.75, 3.05) is 33.7 Å². The molecule has 1 N–H and O–H groups in total. The summed E-state index contributed by atoms with van der Waals surface area (Å²) in [7, 11) is 0.440. The summed E-state index contributed by atoms with van der Waals surface area (Å²) in [5.74, 6) is 0.956. The second-order valence-electron chi connectivity index (χ2n) is 5.83. The fourth-order valence-electron chi connectivity index (χ4n) is 2.74. The zero-order chi connectivity index (χ0) is 15.6. The van der Waals surface area contributed by atoms with Crippen LogP contribution in [-0.2, 0) is 16.6 Å². The molecule has 0 saturated carbocycles. The van der Waals surface area contributed by atoms with Crippen molar-refractivity contribution >= 4 is 10.0 Å². The van der Waals surface area contributed by atoms with E-state index in [9.17, 15) is 8.42 Å². The molecule has 21 heavy (non-hydrogen) atoms. The van der Waals surface area contributed by atoms with E-state index in [0.717, 1.165) is 6.54 Å². The van der Waals surface area contributed by atoms with Gasteiger partial charge >= 0.3 is 0 Å². The Morgan fingerprint density at radius 3 is 2.67 bits per heavy atom. The molecule has 1 saturated heterocycles. The molecule has 0 radical (unpaired) electrons. The molecule has 0 aromatic carbocycles. The van der Waals surface area contributed by atoms with Crippen molar-refractivity contribution < 1.29 is 12.8 Å². The van der Waals surface area contributed by atoms with Crippen LogP contribution >= 0.6 is 0 Å². The van der Waals surface area contributed by atoms with Crippen LogP contribution in [0.25, 0.3) is 0 Å². The fraction of sp³-hybridized carbons (Fsp3) is 0.714. The standard InChI is InChI=1S/C14H25N3O3S/c1-5-15-8-12-6-7-14(20-12)21(18,19)17-9-11(2)13(10-17)16(3)4/h6-7,11,13,15H,5,8-10H2,1-4H3. The van der Waals surface area contributed by atoms with Crippen molar-refractivity contribution in [3.05, 3.63) is 17.9 Å². The summed E-state index contributed by atoms with van der Waals surface area (Å²) in [5.41, 5.74) is 0. The molecule has 2 rings (SSSR count). The van der Waals surface area contributed by atoms with E-state index in [1.807, 2.05) is 21.0 Å². The first kappa shape index (κ1) is 16.5. The van der Waals surface area contributed by atoms with E-state index in [1.54, 1.807) is 12.1 Å². The molecular formula is C14H25N3O3S. The summed E-state index contributed by atoms with van der Waals surface area (Å²) in [4.78, 5) is 2.08. The Balaban J connectivity index is 2.13. The lowest BCUT2D eigenvalue weighted by Gasteiger charge is -2.22. The van der Waals surface area contributed by atoms with Gasteiger partial charge in [-0.15, -0.1) is 0 Å². The van der Waals surface area contributed by atoms with Crippen LogP contribution in [0.2, 0.25) is 0 Å². The maximum Gasteiger partial charge on any atom is 0.276 e. The zero-order valence-electron chi connectivity index (χ0n) is 13.2. The van der Waals surface area contributed by atoms with Gasteiger partial charge < -0.3 is 14.6 Å². The molecular weight excluding hydrogens is 290 g/mol. The van der Waals surface area contributed by atoms with Gasteiger partial charge in [-0.25, -0.2) is 8.42 Å². The normalized spacial score (nSPS) is 24.0. The van der Waals surface area contributed by atoms with Gasteiger partial charge in [0.05, 0.1) is 6.54 Å². The first-order chi connectivity index (χ1) is 9.86. The highest BCUT2D eigenvalue weighted by Crippen LogP contribution is 2.27. The van der Waals surface area contributed by atoms with E-state index in [0.29, 0.717) is 31.3 Å². The number of likely N-dealkylation sites (N-methyl/N-ethyl adjacent to an activating group) is 1. The Morgan fingerprint density at radius 1 is 1.38 bits per heavy atom. The molecule has 1 aromatic rings. The molecule has 1 aliphatic rings. The number of nitrogens with zero attached hydrogens (tertiary/aromatic N) is 2. The van der Waals surface area contributed by atoms with Gasteiger partial charge in [0, 0.05) is 19.1 Å². The molecule has 2 atom stereocenters. The SMILES string of the molecule is CCNCc1ccc(S(=O)(=O)N2CC(C)C(N(C)C)C2)o1. The molecule has 1 aromatic heterocycles. The highest BCUT2D eigenvalue weighted by Gasteiger charge is 2.39. The lowest BCUT2D eigenvalue weighted by molar-refractivity contribution is 0.262. The predicted molar refractivity (Wildman–Crippen MR) is 81.5 cm³/mol. The Morgan fingerprint density at radius 2 is 2.10 bits per heavy atom. The Kier molecular flexibility index (Phi) is 5.08. The second kappa shape index (κ2) is 6.48. The monoisotopic (exact) mass is 315 g/mol. The van der Waals surface area contributed by atoms with Crippen molar-refractivity contribution in [2.24, 2.45) is 5.92 Å². The van der Waals surface area contributed by atoms with E-state index >= 15 is 0 Å². The lowest BCUT2D eigenvalue weighted by atomic mass is 10.1. The van der Waals surface area contributed by atoms with Crippen LogP contribution in [0.4, 0.5) is 0 Å². The van der Waals surface area contributed by atoms with Gasteiger partial charge in [-0.3, -0.25) is 0 Å². The first-order valence-electron chi connectivity index (χ1n) is 7.32. The minimum atomic E-state index is -3.53. The minimum absolute atomic E-state index is 0.0435. The number of furan rings is 1. The fourth-order valence-corrected chi connectivity index (χ4v) is 4.23. The quantitative estimate of drug-likeness (QED) is 0.847. The van der Waals surface area contributed by atoms with Crippen LogP contribution in [0.1, 0.15) is 19.6 Å². The lowest BCUT2D eigenvalue weighted by Crippen LogP contribution is -2.35. The Hall–Kier alpha value is -0.890. The minimum Gasteiger partial charge on any atom is -0.447 e. The summed E-state index contributed by atoms with van der Waals surface area (Å²) in [6.45, 7) is 6.49. The molecule has 0 bridgehead atoms. The highest BCUT2D eigenvalue weighted by molar-refractivity contribution is 7.89. The molecule has 0 aliphatic carbocycles. The molecule has 0 amide bonds. The van der Waals surface area contributed by atoms with Crippen molar-refractivity contribution in [2.45, 2.75) is 31.5 Å². The van der Waals surface area contributed by atoms with Crippen LogP contribution in [0.3, 0.4) is 0 Å². The van der Waals surface area contributed by atoms with E-state index in [-0.39, 0.29) is 11.1 Å². The second-order valence-corrected chi connectivity index (χ2v) is 7.70. The zero-order valence-corrected chi connectivity index (χ0v) is 14.0. The Bertz CT molecular complexity index is 568. The number of hydrogen-bond acceptors (Lipinski definition) is 5. The van der Waals surface area contributed by atoms with Crippen molar-refractivity contribution in [3.63, 3.8) is 0 Å². The first-order valence-corrected chi connectivity index (χ1v) is 8.76. The van der Waals surface area contributed by atoms with Crippen LogP contribution < -0.4 is 5.32 Å². The summed E-state index contributed by atoms with van der Waals surface area (Å²) in [6, 6.07) is 3.52. The number of rotatable bonds is 6. The largest absolute Gasteiger partial charge is 0.447 e. The maximum absolute atomic E-state index is 12.6. The summed E-state index contributed by atoms with van der Waals surface area (Å²) >= 11 is 0. The van der Waals surface area contributed by atoms with Gasteiger partial charge in [-0.05, 0) is 38.7 Å². The van der Waals surface area contributed by atoms with Gasteiger partial charge in [0.15, 0.2) is 0 Å². The van der Waals surface area contributed by atoms with Crippen molar-refractivity contribution in [1.29, 1.82) is 0 Å². The third-order valence-corrected chi connectivity index (χ3v) is 5.69. The molecule has 1 aliphatic heterocycles. The van der Waals surface area contributed by atoms with Crippen LogP contribution in [-0.4, -0.2) is 57.4 Å². The van der Waals surface area contributed by atoms with Gasteiger partial charge in [-0.1, -0.05) is 13.8 Å². The van der Waals surface area contributed by atoms with E-state index in [1.165, 1.54) is 4.31 Å². The average molecular weight is 315 g/mol. The van der Waals surface area contributed by atoms with Gasteiger partial charge in [-0.2, -0.15) is 4.31 Å². The molecule has 120 valence electrons. The van der Waals surface area contributed by atoms with Crippen LogP contribution in [0.5, 0.6) is 0 Å². The molecule has 6 nitrogen and oxygen atoms in total.